The maximum atomic E-state index is 12.5. The molecule has 0 saturated carbocycles. The van der Waals surface area contributed by atoms with Gasteiger partial charge in [0.2, 0.25) is 20.0 Å². The standard InChI is InChI=1S/C14H11ClN4O4S2/c15-10-5-11-13(6-12(10)24(17,20)21)25(22,23)19-14(18-11)9-3-1-8(7-16)2-4-9/h1-6,14,18-19H,(H2,17,20,21)/t14-/m0/s1. The van der Waals surface area contributed by atoms with Gasteiger partial charge in [-0.25, -0.2) is 22.0 Å². The molecule has 2 aromatic rings. The molecule has 3 rings (SSSR count). The molecule has 1 atom stereocenters. The number of hydrogen-bond donors (Lipinski definition) is 3. The van der Waals surface area contributed by atoms with Crippen LogP contribution in [-0.4, -0.2) is 16.8 Å². The van der Waals surface area contributed by atoms with Crippen molar-refractivity contribution in [1.29, 1.82) is 5.26 Å². The van der Waals surface area contributed by atoms with E-state index < -0.39 is 31.1 Å². The van der Waals surface area contributed by atoms with E-state index in [-0.39, 0.29) is 15.6 Å². The fraction of sp³-hybridized carbons (Fsp3) is 0.0714. The number of nitrogens with one attached hydrogen (secondary N) is 2. The third-order valence-electron chi connectivity index (χ3n) is 3.58. The van der Waals surface area contributed by atoms with Gasteiger partial charge in [0.25, 0.3) is 0 Å². The van der Waals surface area contributed by atoms with E-state index in [0.29, 0.717) is 11.1 Å². The van der Waals surface area contributed by atoms with Crippen LogP contribution in [0.3, 0.4) is 0 Å². The molecule has 1 heterocycles. The van der Waals surface area contributed by atoms with Crippen molar-refractivity contribution in [2.75, 3.05) is 5.32 Å². The molecule has 0 fully saturated rings. The number of hydrogen-bond acceptors (Lipinski definition) is 6. The Balaban J connectivity index is 2.09. The molecule has 0 saturated heterocycles. The maximum absolute atomic E-state index is 12.5. The third-order valence-corrected chi connectivity index (χ3v) is 6.41. The summed E-state index contributed by atoms with van der Waals surface area (Å²) in [7, 11) is -8.18. The zero-order valence-corrected chi connectivity index (χ0v) is 14.8. The summed E-state index contributed by atoms with van der Waals surface area (Å²) in [5.74, 6) is 0. The number of primary sulfonamides is 1. The van der Waals surface area contributed by atoms with Gasteiger partial charge in [0, 0.05) is 0 Å². The lowest BCUT2D eigenvalue weighted by atomic mass is 10.1. The first kappa shape index (κ1) is 17.7. The van der Waals surface area contributed by atoms with Crippen molar-refractivity contribution in [3.8, 4) is 6.07 Å². The molecule has 2 aromatic carbocycles. The predicted molar refractivity (Wildman–Crippen MR) is 90.7 cm³/mol. The van der Waals surface area contributed by atoms with Gasteiger partial charge in [-0.2, -0.15) is 9.98 Å². The van der Waals surface area contributed by atoms with Gasteiger partial charge >= 0.3 is 0 Å². The summed E-state index contributed by atoms with van der Waals surface area (Å²) in [6.07, 6.45) is -0.804. The van der Waals surface area contributed by atoms with Crippen LogP contribution >= 0.6 is 11.6 Å². The molecule has 0 unspecified atom stereocenters. The van der Waals surface area contributed by atoms with E-state index >= 15 is 0 Å². The smallest absolute Gasteiger partial charge is 0.244 e. The molecule has 1 aliphatic heterocycles. The maximum Gasteiger partial charge on any atom is 0.244 e. The quantitative estimate of drug-likeness (QED) is 0.695. The average molecular weight is 399 g/mol. The van der Waals surface area contributed by atoms with Gasteiger partial charge in [0.15, 0.2) is 0 Å². The fourth-order valence-corrected chi connectivity index (χ4v) is 4.88. The zero-order valence-electron chi connectivity index (χ0n) is 12.4. The predicted octanol–water partition coefficient (Wildman–Crippen LogP) is 1.26. The molecule has 0 aliphatic carbocycles. The molecule has 4 N–H and O–H groups in total. The first-order valence-corrected chi connectivity index (χ1v) is 10.2. The normalized spacial score (nSPS) is 18.7. The van der Waals surface area contributed by atoms with Crippen molar-refractivity contribution in [3.63, 3.8) is 0 Å². The van der Waals surface area contributed by atoms with Gasteiger partial charge in [0.05, 0.1) is 22.3 Å². The molecule has 1 aliphatic rings. The zero-order chi connectivity index (χ0) is 18.4. The Hall–Kier alpha value is -2.16. The Morgan fingerprint density at radius 2 is 1.84 bits per heavy atom. The van der Waals surface area contributed by atoms with E-state index in [0.717, 1.165) is 6.07 Å². The van der Waals surface area contributed by atoms with Crippen molar-refractivity contribution in [2.24, 2.45) is 5.14 Å². The van der Waals surface area contributed by atoms with Gasteiger partial charge < -0.3 is 5.32 Å². The second-order valence-electron chi connectivity index (χ2n) is 5.26. The van der Waals surface area contributed by atoms with Gasteiger partial charge in [-0.15, -0.1) is 0 Å². The van der Waals surface area contributed by atoms with Crippen LogP contribution in [0.2, 0.25) is 5.02 Å². The first-order chi connectivity index (χ1) is 11.6. The molecule has 25 heavy (non-hydrogen) atoms. The van der Waals surface area contributed by atoms with Crippen molar-refractivity contribution >= 4 is 37.3 Å². The van der Waals surface area contributed by atoms with Gasteiger partial charge in [-0.05, 0) is 29.8 Å². The number of sulfonamides is 2. The molecule has 0 bridgehead atoms. The fourth-order valence-electron chi connectivity index (χ4n) is 2.39. The summed E-state index contributed by atoms with van der Waals surface area (Å²) in [5.41, 5.74) is 1.15. The molecular weight excluding hydrogens is 388 g/mol. The SMILES string of the molecule is N#Cc1ccc([C@H]2Nc3cc(Cl)c(S(N)(=O)=O)cc3S(=O)(=O)N2)cc1. The molecule has 0 aromatic heterocycles. The number of fused-ring (bicyclic) bond motifs is 1. The lowest BCUT2D eigenvalue weighted by Gasteiger charge is -2.28. The lowest BCUT2D eigenvalue weighted by molar-refractivity contribution is 0.562. The molecular formula is C14H11ClN4O4S2. The molecule has 11 heteroatoms. The first-order valence-electron chi connectivity index (χ1n) is 6.77. The van der Waals surface area contributed by atoms with Crippen molar-refractivity contribution < 1.29 is 16.8 Å². The van der Waals surface area contributed by atoms with Crippen LogP contribution in [0, 0.1) is 11.3 Å². The van der Waals surface area contributed by atoms with Crippen LogP contribution in [0.15, 0.2) is 46.2 Å². The number of anilines is 1. The van der Waals surface area contributed by atoms with E-state index in [9.17, 15) is 16.8 Å². The van der Waals surface area contributed by atoms with Crippen LogP contribution in [0.25, 0.3) is 0 Å². The highest BCUT2D eigenvalue weighted by atomic mass is 35.5. The van der Waals surface area contributed by atoms with Crippen LogP contribution in [-0.2, 0) is 20.0 Å². The Kier molecular flexibility index (Phi) is 4.22. The Morgan fingerprint density at radius 3 is 2.40 bits per heavy atom. The largest absolute Gasteiger partial charge is 0.364 e. The topological polar surface area (TPSA) is 142 Å². The van der Waals surface area contributed by atoms with Gasteiger partial charge in [0.1, 0.15) is 16.0 Å². The molecule has 8 nitrogen and oxygen atoms in total. The third kappa shape index (κ3) is 3.33. The van der Waals surface area contributed by atoms with Crippen LogP contribution < -0.4 is 15.2 Å². The monoisotopic (exact) mass is 398 g/mol. The lowest BCUT2D eigenvalue weighted by Crippen LogP contribution is -2.38. The summed E-state index contributed by atoms with van der Waals surface area (Å²) in [4.78, 5) is -0.747. The second kappa shape index (κ2) is 5.98. The summed E-state index contributed by atoms with van der Waals surface area (Å²) in [6.45, 7) is 0. The Labute approximate surface area is 149 Å². The molecule has 130 valence electrons. The minimum Gasteiger partial charge on any atom is -0.364 e. The summed E-state index contributed by atoms with van der Waals surface area (Å²) in [5, 5.41) is 16.6. The van der Waals surface area contributed by atoms with Gasteiger partial charge in [-0.1, -0.05) is 23.7 Å². The average Bonchev–Trinajstić information content (AvgIpc) is 2.52. The molecule has 0 amide bonds. The Bertz CT molecular complexity index is 1110. The number of nitriles is 1. The highest BCUT2D eigenvalue weighted by Crippen LogP contribution is 2.36. The van der Waals surface area contributed by atoms with E-state index in [1.165, 1.54) is 6.07 Å². The number of nitrogens with zero attached hydrogens (tertiary/aromatic N) is 1. The minimum absolute atomic E-state index is 0.144. The minimum atomic E-state index is -4.17. The number of benzene rings is 2. The summed E-state index contributed by atoms with van der Waals surface area (Å²) >= 11 is 5.92. The highest BCUT2D eigenvalue weighted by molar-refractivity contribution is 7.90. The van der Waals surface area contributed by atoms with Crippen molar-refractivity contribution in [1.82, 2.24) is 4.72 Å². The summed E-state index contributed by atoms with van der Waals surface area (Å²) in [6, 6.07) is 10.4. The number of halogens is 1. The highest BCUT2D eigenvalue weighted by Gasteiger charge is 2.32. The van der Waals surface area contributed by atoms with E-state index in [2.05, 4.69) is 10.0 Å². The second-order valence-corrected chi connectivity index (χ2v) is 8.88. The number of rotatable bonds is 2. The van der Waals surface area contributed by atoms with E-state index in [1.807, 2.05) is 6.07 Å². The van der Waals surface area contributed by atoms with Crippen molar-refractivity contribution in [2.45, 2.75) is 16.0 Å². The van der Waals surface area contributed by atoms with Crippen LogP contribution in [0.1, 0.15) is 17.3 Å². The molecule has 0 spiro atoms. The van der Waals surface area contributed by atoms with Gasteiger partial charge in [-0.3, -0.25) is 0 Å². The Morgan fingerprint density at radius 1 is 1.20 bits per heavy atom. The van der Waals surface area contributed by atoms with Crippen molar-refractivity contribution in [3.05, 3.63) is 52.5 Å². The summed E-state index contributed by atoms with van der Waals surface area (Å²) < 4.78 is 50.4. The van der Waals surface area contributed by atoms with Crippen LogP contribution in [0.4, 0.5) is 5.69 Å². The molecule has 0 radical (unpaired) electrons. The van der Waals surface area contributed by atoms with E-state index in [1.54, 1.807) is 24.3 Å². The van der Waals surface area contributed by atoms with E-state index in [4.69, 9.17) is 22.0 Å². The number of nitrogens with two attached hydrogens (primary N) is 1. The van der Waals surface area contributed by atoms with Crippen LogP contribution in [0.5, 0.6) is 0 Å².